The summed E-state index contributed by atoms with van der Waals surface area (Å²) < 4.78 is 5.17. The fourth-order valence-electron chi connectivity index (χ4n) is 1.88. The highest BCUT2D eigenvalue weighted by atomic mass is 16.5. The van der Waals surface area contributed by atoms with E-state index in [4.69, 9.17) is 4.74 Å². The van der Waals surface area contributed by atoms with Crippen LogP contribution >= 0.6 is 0 Å². The van der Waals surface area contributed by atoms with Gasteiger partial charge in [-0.25, -0.2) is 4.79 Å². The summed E-state index contributed by atoms with van der Waals surface area (Å²) in [5, 5.41) is 2.70. The van der Waals surface area contributed by atoms with Crippen LogP contribution in [0.1, 0.15) is 22.3 Å². The van der Waals surface area contributed by atoms with Crippen LogP contribution in [0, 0.1) is 0 Å². The van der Waals surface area contributed by atoms with Crippen LogP contribution in [0.4, 0.5) is 4.79 Å². The Morgan fingerprint density at radius 1 is 1.14 bits per heavy atom. The molecule has 0 aliphatic heterocycles. The first-order valence-corrected chi connectivity index (χ1v) is 7.26. The number of hydrogen-bond donors (Lipinski definition) is 1. The van der Waals surface area contributed by atoms with Crippen molar-refractivity contribution in [1.82, 2.24) is 15.1 Å². The molecule has 1 aromatic rings. The molecule has 0 atom stereocenters. The molecular weight excluding hydrogens is 282 g/mol. The normalized spacial score (nSPS) is 10.4. The van der Waals surface area contributed by atoms with E-state index in [2.05, 4.69) is 10.2 Å². The van der Waals surface area contributed by atoms with Crippen LogP contribution in [0.15, 0.2) is 24.3 Å². The zero-order valence-electron chi connectivity index (χ0n) is 13.8. The molecule has 22 heavy (non-hydrogen) atoms. The predicted octanol–water partition coefficient (Wildman–Crippen LogP) is 1.57. The molecule has 0 aliphatic rings. The lowest BCUT2D eigenvalue weighted by atomic mass is 10.1. The maximum Gasteiger partial charge on any atom is 0.407 e. The van der Waals surface area contributed by atoms with Crippen LogP contribution < -0.4 is 5.32 Å². The third-order valence-corrected chi connectivity index (χ3v) is 3.06. The van der Waals surface area contributed by atoms with Crippen LogP contribution in [0.5, 0.6) is 0 Å². The first-order chi connectivity index (χ1) is 10.4. The SMILES string of the molecule is CN(C)CCCNC(=O)OCc1ccccc1C(=O)N(C)C. The minimum atomic E-state index is -0.467. The maximum absolute atomic E-state index is 12.0. The maximum atomic E-state index is 12.0. The van der Waals surface area contributed by atoms with Crippen LogP contribution in [-0.2, 0) is 11.3 Å². The van der Waals surface area contributed by atoms with Crippen molar-refractivity contribution >= 4 is 12.0 Å². The number of nitrogens with zero attached hydrogens (tertiary/aromatic N) is 2. The Morgan fingerprint density at radius 2 is 1.82 bits per heavy atom. The minimum Gasteiger partial charge on any atom is -0.445 e. The molecule has 122 valence electrons. The summed E-state index contributed by atoms with van der Waals surface area (Å²) in [4.78, 5) is 27.2. The van der Waals surface area contributed by atoms with E-state index in [0.29, 0.717) is 17.7 Å². The number of rotatable bonds is 7. The Labute approximate surface area is 132 Å². The number of benzene rings is 1. The van der Waals surface area contributed by atoms with Crippen molar-refractivity contribution < 1.29 is 14.3 Å². The molecular formula is C16H25N3O3. The minimum absolute atomic E-state index is 0.0786. The Balaban J connectivity index is 2.47. The van der Waals surface area contributed by atoms with E-state index in [1.54, 1.807) is 32.3 Å². The van der Waals surface area contributed by atoms with Crippen molar-refractivity contribution in [2.75, 3.05) is 41.3 Å². The third kappa shape index (κ3) is 6.13. The first-order valence-electron chi connectivity index (χ1n) is 7.26. The van der Waals surface area contributed by atoms with Gasteiger partial charge in [0.25, 0.3) is 5.91 Å². The van der Waals surface area contributed by atoms with E-state index in [-0.39, 0.29) is 12.5 Å². The highest BCUT2D eigenvalue weighted by Gasteiger charge is 2.13. The summed E-state index contributed by atoms with van der Waals surface area (Å²) in [6.45, 7) is 1.55. The predicted molar refractivity (Wildman–Crippen MR) is 85.8 cm³/mol. The van der Waals surface area contributed by atoms with Gasteiger partial charge in [-0.05, 0) is 33.1 Å². The molecule has 0 fully saturated rings. The molecule has 0 heterocycles. The highest BCUT2D eigenvalue weighted by Crippen LogP contribution is 2.12. The second-order valence-electron chi connectivity index (χ2n) is 5.52. The molecule has 0 unspecified atom stereocenters. The lowest BCUT2D eigenvalue weighted by Gasteiger charge is -2.14. The summed E-state index contributed by atoms with van der Waals surface area (Å²) in [5.74, 6) is -0.106. The Hall–Kier alpha value is -2.08. The molecule has 2 amide bonds. The number of hydrogen-bond acceptors (Lipinski definition) is 4. The third-order valence-electron chi connectivity index (χ3n) is 3.06. The molecule has 0 saturated heterocycles. The summed E-state index contributed by atoms with van der Waals surface area (Å²) in [6.07, 6.45) is 0.392. The van der Waals surface area contributed by atoms with E-state index in [0.717, 1.165) is 13.0 Å². The number of amides is 2. The smallest absolute Gasteiger partial charge is 0.407 e. The fourth-order valence-corrected chi connectivity index (χ4v) is 1.88. The number of ether oxygens (including phenoxy) is 1. The lowest BCUT2D eigenvalue weighted by molar-refractivity contribution is 0.0821. The van der Waals surface area contributed by atoms with E-state index >= 15 is 0 Å². The van der Waals surface area contributed by atoms with E-state index in [9.17, 15) is 9.59 Å². The van der Waals surface area contributed by atoms with Gasteiger partial charge in [0.1, 0.15) is 6.61 Å². The van der Waals surface area contributed by atoms with Crippen molar-refractivity contribution in [1.29, 1.82) is 0 Å². The molecule has 0 aromatic heterocycles. The quantitative estimate of drug-likeness (QED) is 0.777. The summed E-state index contributed by atoms with van der Waals surface area (Å²) in [5.41, 5.74) is 1.25. The molecule has 0 radical (unpaired) electrons. The number of carbonyl (C=O) groups is 2. The van der Waals surface area contributed by atoms with Gasteiger partial charge < -0.3 is 19.9 Å². The van der Waals surface area contributed by atoms with Gasteiger partial charge in [0.2, 0.25) is 0 Å². The zero-order valence-corrected chi connectivity index (χ0v) is 13.8. The molecule has 1 N–H and O–H groups in total. The molecule has 6 heteroatoms. The molecule has 0 bridgehead atoms. The Bertz CT molecular complexity index is 501. The van der Waals surface area contributed by atoms with Gasteiger partial charge in [-0.1, -0.05) is 18.2 Å². The van der Waals surface area contributed by atoms with Gasteiger partial charge in [-0.2, -0.15) is 0 Å². The van der Waals surface area contributed by atoms with Crippen molar-refractivity contribution in [3.8, 4) is 0 Å². The van der Waals surface area contributed by atoms with Crippen LogP contribution in [-0.4, -0.2) is 63.1 Å². The monoisotopic (exact) mass is 307 g/mol. The number of alkyl carbamates (subject to hydrolysis) is 1. The summed E-state index contributed by atoms with van der Waals surface area (Å²) >= 11 is 0. The van der Waals surface area contributed by atoms with Gasteiger partial charge in [0.15, 0.2) is 0 Å². The van der Waals surface area contributed by atoms with Gasteiger partial charge in [-0.3, -0.25) is 4.79 Å². The topological polar surface area (TPSA) is 61.9 Å². The standard InChI is InChI=1S/C16H25N3O3/c1-18(2)11-7-10-17-16(21)22-12-13-8-5-6-9-14(13)15(20)19(3)4/h5-6,8-9H,7,10-12H2,1-4H3,(H,17,21). The largest absolute Gasteiger partial charge is 0.445 e. The van der Waals surface area contributed by atoms with Crippen LogP contribution in [0.2, 0.25) is 0 Å². The molecule has 0 aliphatic carbocycles. The van der Waals surface area contributed by atoms with Gasteiger partial charge in [0, 0.05) is 31.8 Å². The molecule has 1 aromatic carbocycles. The highest BCUT2D eigenvalue weighted by molar-refractivity contribution is 5.95. The van der Waals surface area contributed by atoms with Gasteiger partial charge in [-0.15, -0.1) is 0 Å². The molecule has 6 nitrogen and oxygen atoms in total. The average Bonchev–Trinajstić information content (AvgIpc) is 2.48. The van der Waals surface area contributed by atoms with E-state index in [1.807, 2.05) is 20.2 Å². The van der Waals surface area contributed by atoms with E-state index in [1.165, 1.54) is 4.90 Å². The van der Waals surface area contributed by atoms with E-state index < -0.39 is 6.09 Å². The van der Waals surface area contributed by atoms with Crippen molar-refractivity contribution in [2.45, 2.75) is 13.0 Å². The van der Waals surface area contributed by atoms with Crippen molar-refractivity contribution in [2.24, 2.45) is 0 Å². The Morgan fingerprint density at radius 3 is 2.45 bits per heavy atom. The first kappa shape index (κ1) is 18.0. The average molecular weight is 307 g/mol. The molecule has 0 saturated carbocycles. The van der Waals surface area contributed by atoms with Gasteiger partial charge in [0.05, 0.1) is 0 Å². The second-order valence-corrected chi connectivity index (χ2v) is 5.52. The molecule has 1 rings (SSSR count). The van der Waals surface area contributed by atoms with Crippen LogP contribution in [0.3, 0.4) is 0 Å². The van der Waals surface area contributed by atoms with Crippen molar-refractivity contribution in [3.63, 3.8) is 0 Å². The molecule has 0 spiro atoms. The number of nitrogens with one attached hydrogen (secondary N) is 1. The number of carbonyl (C=O) groups excluding carboxylic acids is 2. The zero-order chi connectivity index (χ0) is 16.5. The summed E-state index contributed by atoms with van der Waals surface area (Å²) in [7, 11) is 7.35. The van der Waals surface area contributed by atoms with Gasteiger partial charge >= 0.3 is 6.09 Å². The fraction of sp³-hybridized carbons (Fsp3) is 0.500. The second kappa shape index (κ2) is 9.04. The lowest BCUT2D eigenvalue weighted by Crippen LogP contribution is -2.28. The van der Waals surface area contributed by atoms with Crippen LogP contribution in [0.25, 0.3) is 0 Å². The van der Waals surface area contributed by atoms with Crippen molar-refractivity contribution in [3.05, 3.63) is 35.4 Å². The summed E-state index contributed by atoms with van der Waals surface area (Å²) in [6, 6.07) is 7.13. The Kier molecular flexibility index (Phi) is 7.39.